The van der Waals surface area contributed by atoms with E-state index < -0.39 is 0 Å². The van der Waals surface area contributed by atoms with Gasteiger partial charge in [0, 0.05) is 23.8 Å². The number of carbonyl (C=O) groups excluding carboxylic acids is 1. The summed E-state index contributed by atoms with van der Waals surface area (Å²) in [7, 11) is 0. The molecule has 1 aromatic carbocycles. The van der Waals surface area contributed by atoms with E-state index in [2.05, 4.69) is 10.3 Å². The second-order valence-corrected chi connectivity index (χ2v) is 4.57. The van der Waals surface area contributed by atoms with Crippen molar-refractivity contribution in [2.24, 2.45) is 0 Å². The normalized spacial score (nSPS) is 10.3. The zero-order valence-electron chi connectivity index (χ0n) is 11.2. The molecule has 2 heterocycles. The van der Waals surface area contributed by atoms with Gasteiger partial charge in [-0.15, -0.1) is 0 Å². The Balaban J connectivity index is 1.80. The number of nitrogens with zero attached hydrogens (tertiary/aromatic N) is 2. The number of nitrogen functional groups attached to an aromatic ring is 1. The summed E-state index contributed by atoms with van der Waals surface area (Å²) in [6.45, 7) is 0. The molecule has 104 valence electrons. The summed E-state index contributed by atoms with van der Waals surface area (Å²) in [6, 6.07) is 14.7. The Bertz CT molecular complexity index is 748. The molecule has 21 heavy (non-hydrogen) atoms. The number of aromatic nitrogens is 2. The lowest BCUT2D eigenvalue weighted by Crippen LogP contribution is -2.13. The number of pyridine rings is 1. The molecule has 0 radical (unpaired) electrons. The van der Waals surface area contributed by atoms with Gasteiger partial charge in [-0.2, -0.15) is 0 Å². The number of rotatable bonds is 3. The van der Waals surface area contributed by atoms with Crippen molar-refractivity contribution in [2.45, 2.75) is 0 Å². The molecule has 0 aliphatic rings. The van der Waals surface area contributed by atoms with E-state index in [0.717, 1.165) is 5.69 Å². The first-order valence-electron chi connectivity index (χ1n) is 6.49. The minimum atomic E-state index is -0.264. The third-order valence-electron chi connectivity index (χ3n) is 3.03. The van der Waals surface area contributed by atoms with Crippen LogP contribution in [0.2, 0.25) is 0 Å². The van der Waals surface area contributed by atoms with E-state index in [9.17, 15) is 4.79 Å². The zero-order chi connectivity index (χ0) is 14.7. The van der Waals surface area contributed by atoms with Gasteiger partial charge in [-0.1, -0.05) is 6.07 Å². The van der Waals surface area contributed by atoms with E-state index in [-0.39, 0.29) is 5.91 Å². The molecule has 0 saturated carbocycles. The van der Waals surface area contributed by atoms with Crippen LogP contribution in [0.1, 0.15) is 10.5 Å². The lowest BCUT2D eigenvalue weighted by Gasteiger charge is -2.08. The van der Waals surface area contributed by atoms with Crippen LogP contribution >= 0.6 is 0 Å². The molecule has 0 aliphatic carbocycles. The van der Waals surface area contributed by atoms with Gasteiger partial charge in [0.15, 0.2) is 0 Å². The maximum atomic E-state index is 12.1. The lowest BCUT2D eigenvalue weighted by atomic mass is 10.2. The van der Waals surface area contributed by atoms with Crippen LogP contribution in [-0.4, -0.2) is 15.5 Å². The third-order valence-corrected chi connectivity index (χ3v) is 3.03. The smallest absolute Gasteiger partial charge is 0.274 e. The van der Waals surface area contributed by atoms with E-state index in [1.165, 1.54) is 6.20 Å². The average Bonchev–Trinajstić information content (AvgIpc) is 3.02. The standard InChI is InChI=1S/C16H14N4O/c17-12-6-7-15(18-11-12)16(21)19-13-4-3-5-14(10-13)20-8-1-2-9-20/h1-11H,17H2,(H,19,21). The van der Waals surface area contributed by atoms with Crippen molar-refractivity contribution in [3.05, 3.63) is 72.8 Å². The van der Waals surface area contributed by atoms with Gasteiger partial charge in [0.2, 0.25) is 0 Å². The van der Waals surface area contributed by atoms with E-state index in [0.29, 0.717) is 17.1 Å². The Hall–Kier alpha value is -3.08. The van der Waals surface area contributed by atoms with E-state index in [1.54, 1.807) is 12.1 Å². The molecule has 0 fully saturated rings. The Morgan fingerprint density at radius 3 is 2.62 bits per heavy atom. The van der Waals surface area contributed by atoms with Crippen LogP contribution in [0, 0.1) is 0 Å². The van der Waals surface area contributed by atoms with Crippen molar-refractivity contribution < 1.29 is 4.79 Å². The van der Waals surface area contributed by atoms with Gasteiger partial charge in [-0.25, -0.2) is 4.98 Å². The molecular formula is C16H14N4O. The maximum absolute atomic E-state index is 12.1. The Labute approximate surface area is 122 Å². The van der Waals surface area contributed by atoms with Gasteiger partial charge >= 0.3 is 0 Å². The number of benzene rings is 1. The average molecular weight is 278 g/mol. The molecule has 3 rings (SSSR count). The molecule has 0 unspecified atom stereocenters. The van der Waals surface area contributed by atoms with Crippen LogP contribution < -0.4 is 11.1 Å². The van der Waals surface area contributed by atoms with Crippen molar-refractivity contribution in [2.75, 3.05) is 11.1 Å². The molecule has 2 aromatic heterocycles. The highest BCUT2D eigenvalue weighted by atomic mass is 16.1. The van der Waals surface area contributed by atoms with Crippen LogP contribution in [0.15, 0.2) is 67.1 Å². The van der Waals surface area contributed by atoms with E-state index in [4.69, 9.17) is 5.73 Å². The van der Waals surface area contributed by atoms with Gasteiger partial charge in [-0.05, 0) is 42.5 Å². The molecule has 0 aliphatic heterocycles. The fourth-order valence-corrected chi connectivity index (χ4v) is 1.99. The molecular weight excluding hydrogens is 264 g/mol. The van der Waals surface area contributed by atoms with Gasteiger partial charge in [0.1, 0.15) is 5.69 Å². The van der Waals surface area contributed by atoms with Gasteiger partial charge in [-0.3, -0.25) is 4.79 Å². The number of anilines is 2. The summed E-state index contributed by atoms with van der Waals surface area (Å²) in [6.07, 6.45) is 5.36. The maximum Gasteiger partial charge on any atom is 0.274 e. The Morgan fingerprint density at radius 2 is 1.90 bits per heavy atom. The number of nitrogens with two attached hydrogens (primary N) is 1. The minimum absolute atomic E-state index is 0.264. The Kier molecular flexibility index (Phi) is 3.39. The summed E-state index contributed by atoms with van der Waals surface area (Å²) >= 11 is 0. The van der Waals surface area contributed by atoms with Crippen molar-refractivity contribution in [1.29, 1.82) is 0 Å². The van der Waals surface area contributed by atoms with E-state index in [1.807, 2.05) is 53.4 Å². The first-order valence-corrected chi connectivity index (χ1v) is 6.49. The number of carbonyl (C=O) groups is 1. The van der Waals surface area contributed by atoms with Gasteiger partial charge < -0.3 is 15.6 Å². The fraction of sp³-hybridized carbons (Fsp3) is 0. The Morgan fingerprint density at radius 1 is 1.10 bits per heavy atom. The topological polar surface area (TPSA) is 72.9 Å². The van der Waals surface area contributed by atoms with Crippen molar-refractivity contribution >= 4 is 17.3 Å². The number of hydrogen-bond donors (Lipinski definition) is 2. The molecule has 3 aromatic rings. The first kappa shape index (κ1) is 12.9. The van der Waals surface area contributed by atoms with Crippen LogP contribution in [0.25, 0.3) is 5.69 Å². The number of nitrogens with one attached hydrogen (secondary N) is 1. The highest BCUT2D eigenvalue weighted by molar-refractivity contribution is 6.03. The summed E-state index contributed by atoms with van der Waals surface area (Å²) < 4.78 is 1.97. The molecule has 1 amide bonds. The molecule has 0 bridgehead atoms. The van der Waals surface area contributed by atoms with Crippen LogP contribution in [0.3, 0.4) is 0 Å². The number of amides is 1. The van der Waals surface area contributed by atoms with Crippen molar-refractivity contribution in [1.82, 2.24) is 9.55 Å². The van der Waals surface area contributed by atoms with E-state index >= 15 is 0 Å². The summed E-state index contributed by atoms with van der Waals surface area (Å²) in [5.74, 6) is -0.264. The largest absolute Gasteiger partial charge is 0.397 e. The highest BCUT2D eigenvalue weighted by Gasteiger charge is 2.07. The summed E-state index contributed by atoms with van der Waals surface area (Å²) in [4.78, 5) is 16.1. The molecule has 0 spiro atoms. The van der Waals surface area contributed by atoms with Crippen LogP contribution in [-0.2, 0) is 0 Å². The van der Waals surface area contributed by atoms with Gasteiger partial charge in [0.05, 0.1) is 11.9 Å². The number of hydrogen-bond acceptors (Lipinski definition) is 3. The van der Waals surface area contributed by atoms with Crippen molar-refractivity contribution in [3.8, 4) is 5.69 Å². The fourth-order valence-electron chi connectivity index (χ4n) is 1.99. The molecule has 0 atom stereocenters. The second-order valence-electron chi connectivity index (χ2n) is 4.57. The molecule has 0 saturated heterocycles. The summed E-state index contributed by atoms with van der Waals surface area (Å²) in [5.41, 5.74) is 8.10. The monoisotopic (exact) mass is 278 g/mol. The third kappa shape index (κ3) is 2.92. The van der Waals surface area contributed by atoms with Crippen LogP contribution in [0.5, 0.6) is 0 Å². The lowest BCUT2D eigenvalue weighted by molar-refractivity contribution is 0.102. The summed E-state index contributed by atoms with van der Waals surface area (Å²) in [5, 5.41) is 2.82. The second kappa shape index (κ2) is 5.50. The minimum Gasteiger partial charge on any atom is -0.397 e. The first-order chi connectivity index (χ1) is 10.2. The van der Waals surface area contributed by atoms with Crippen LogP contribution in [0.4, 0.5) is 11.4 Å². The predicted molar refractivity (Wildman–Crippen MR) is 82.4 cm³/mol. The SMILES string of the molecule is Nc1ccc(C(=O)Nc2cccc(-n3cccc3)c2)nc1. The van der Waals surface area contributed by atoms with Gasteiger partial charge in [0.25, 0.3) is 5.91 Å². The highest BCUT2D eigenvalue weighted by Crippen LogP contribution is 2.15. The van der Waals surface area contributed by atoms with Crippen molar-refractivity contribution in [3.63, 3.8) is 0 Å². The predicted octanol–water partition coefficient (Wildman–Crippen LogP) is 2.71. The molecule has 5 heteroatoms. The zero-order valence-corrected chi connectivity index (χ0v) is 11.2. The molecule has 3 N–H and O–H groups in total. The quantitative estimate of drug-likeness (QED) is 0.773. The molecule has 5 nitrogen and oxygen atoms in total.